The van der Waals surface area contributed by atoms with Crippen molar-refractivity contribution in [3.8, 4) is 0 Å². The highest BCUT2D eigenvalue weighted by Gasteiger charge is 2.12. The Kier molecular flexibility index (Phi) is 5.85. The van der Waals surface area contributed by atoms with Gasteiger partial charge in [-0.25, -0.2) is 0 Å². The van der Waals surface area contributed by atoms with Crippen LogP contribution >= 0.6 is 0 Å². The number of hydrogen-bond acceptors (Lipinski definition) is 4. The predicted molar refractivity (Wildman–Crippen MR) is 71.6 cm³/mol. The average molecular weight is 255 g/mol. The molecule has 0 bridgehead atoms. The predicted octanol–water partition coefficient (Wildman–Crippen LogP) is 2.64. The van der Waals surface area contributed by atoms with Gasteiger partial charge in [0.2, 0.25) is 0 Å². The van der Waals surface area contributed by atoms with E-state index < -0.39 is 0 Å². The van der Waals surface area contributed by atoms with Crippen LogP contribution in [0.25, 0.3) is 0 Å². The molecule has 0 spiro atoms. The summed E-state index contributed by atoms with van der Waals surface area (Å²) in [7, 11) is 1.66. The molecule has 0 aliphatic heterocycles. The third-order valence-corrected chi connectivity index (χ3v) is 2.53. The van der Waals surface area contributed by atoms with Gasteiger partial charge in [0.1, 0.15) is 18.1 Å². The number of ether oxygens (including phenoxy) is 2. The molecule has 0 aliphatic carbocycles. The highest BCUT2D eigenvalue weighted by Crippen LogP contribution is 2.16. The first-order valence-electron chi connectivity index (χ1n) is 6.32. The average Bonchev–Trinajstić information content (AvgIpc) is 2.62. The summed E-state index contributed by atoms with van der Waals surface area (Å²) in [5, 5.41) is 3.41. The maximum atomic E-state index is 5.76. The molecule has 1 N–H and O–H groups in total. The molecule has 0 aliphatic rings. The lowest BCUT2D eigenvalue weighted by Crippen LogP contribution is -2.35. The van der Waals surface area contributed by atoms with Crippen LogP contribution in [-0.4, -0.2) is 25.9 Å². The van der Waals surface area contributed by atoms with Gasteiger partial charge in [0.15, 0.2) is 0 Å². The first kappa shape index (κ1) is 15.2. The van der Waals surface area contributed by atoms with Gasteiger partial charge in [0.05, 0.1) is 19.8 Å². The number of nitrogens with one attached hydrogen (secondary N) is 1. The lowest BCUT2D eigenvalue weighted by Gasteiger charge is -2.19. The Hall–Kier alpha value is -0.840. The standard InChI is InChI=1S/C14H25NO3/c1-11-8-12(10-17-7-6-16-5)18-13(11)9-15-14(2,3)4/h8,15H,6-7,9-10H2,1-5H3. The molecule has 0 fully saturated rings. The smallest absolute Gasteiger partial charge is 0.130 e. The van der Waals surface area contributed by atoms with E-state index in [1.165, 1.54) is 0 Å². The molecular formula is C14H25NO3. The second-order valence-corrected chi connectivity index (χ2v) is 5.47. The summed E-state index contributed by atoms with van der Waals surface area (Å²) in [4.78, 5) is 0. The maximum absolute atomic E-state index is 5.76. The molecular weight excluding hydrogens is 230 g/mol. The van der Waals surface area contributed by atoms with Crippen LogP contribution in [0.3, 0.4) is 0 Å². The van der Waals surface area contributed by atoms with E-state index in [4.69, 9.17) is 13.9 Å². The maximum Gasteiger partial charge on any atom is 0.130 e. The largest absolute Gasteiger partial charge is 0.462 e. The van der Waals surface area contributed by atoms with Crippen LogP contribution in [0, 0.1) is 6.92 Å². The van der Waals surface area contributed by atoms with Gasteiger partial charge in [0.25, 0.3) is 0 Å². The van der Waals surface area contributed by atoms with E-state index >= 15 is 0 Å². The van der Waals surface area contributed by atoms with Gasteiger partial charge in [0, 0.05) is 12.6 Å². The fraction of sp³-hybridized carbons (Fsp3) is 0.714. The molecule has 1 heterocycles. The zero-order valence-electron chi connectivity index (χ0n) is 12.1. The van der Waals surface area contributed by atoms with Crippen molar-refractivity contribution in [3.05, 3.63) is 23.2 Å². The molecule has 0 atom stereocenters. The Balaban J connectivity index is 2.43. The Labute approximate surface area is 110 Å². The van der Waals surface area contributed by atoms with Crippen LogP contribution in [-0.2, 0) is 22.6 Å². The van der Waals surface area contributed by atoms with E-state index in [0.717, 1.165) is 23.6 Å². The molecule has 0 radical (unpaired) electrons. The quantitative estimate of drug-likeness (QED) is 0.761. The van der Waals surface area contributed by atoms with Crippen LogP contribution in [0.5, 0.6) is 0 Å². The number of rotatable bonds is 7. The van der Waals surface area contributed by atoms with Crippen molar-refractivity contribution in [1.29, 1.82) is 0 Å². The second-order valence-electron chi connectivity index (χ2n) is 5.47. The Morgan fingerprint density at radius 2 is 2.00 bits per heavy atom. The van der Waals surface area contributed by atoms with Crippen LogP contribution in [0.4, 0.5) is 0 Å². The molecule has 4 heteroatoms. The molecule has 0 unspecified atom stereocenters. The van der Waals surface area contributed by atoms with Crippen molar-refractivity contribution < 1.29 is 13.9 Å². The summed E-state index contributed by atoms with van der Waals surface area (Å²) in [6.07, 6.45) is 0. The van der Waals surface area contributed by atoms with E-state index in [1.54, 1.807) is 7.11 Å². The SMILES string of the molecule is COCCOCc1cc(C)c(CNC(C)(C)C)o1. The third-order valence-electron chi connectivity index (χ3n) is 2.53. The minimum atomic E-state index is 0.0916. The van der Waals surface area contributed by atoms with Crippen LogP contribution in [0.15, 0.2) is 10.5 Å². The zero-order chi connectivity index (χ0) is 13.6. The minimum Gasteiger partial charge on any atom is -0.462 e. The van der Waals surface area contributed by atoms with E-state index in [2.05, 4.69) is 33.0 Å². The highest BCUT2D eigenvalue weighted by atomic mass is 16.5. The monoisotopic (exact) mass is 255 g/mol. The fourth-order valence-electron chi connectivity index (χ4n) is 1.50. The van der Waals surface area contributed by atoms with E-state index in [9.17, 15) is 0 Å². The Morgan fingerprint density at radius 1 is 1.28 bits per heavy atom. The van der Waals surface area contributed by atoms with E-state index in [0.29, 0.717) is 19.8 Å². The molecule has 4 nitrogen and oxygen atoms in total. The first-order valence-corrected chi connectivity index (χ1v) is 6.32. The molecule has 18 heavy (non-hydrogen) atoms. The summed E-state index contributed by atoms with van der Waals surface area (Å²) in [5.41, 5.74) is 1.26. The fourth-order valence-corrected chi connectivity index (χ4v) is 1.50. The van der Waals surface area contributed by atoms with Crippen molar-refractivity contribution in [2.45, 2.75) is 46.4 Å². The second kappa shape index (κ2) is 6.92. The van der Waals surface area contributed by atoms with Gasteiger partial charge < -0.3 is 19.2 Å². The lowest BCUT2D eigenvalue weighted by molar-refractivity contribution is 0.0533. The number of methoxy groups -OCH3 is 1. The Bertz CT molecular complexity index is 352. The van der Waals surface area contributed by atoms with Crippen molar-refractivity contribution in [1.82, 2.24) is 5.32 Å². The van der Waals surface area contributed by atoms with Gasteiger partial charge in [-0.2, -0.15) is 0 Å². The normalized spacial score (nSPS) is 12.1. The summed E-state index contributed by atoms with van der Waals surface area (Å²) >= 11 is 0. The summed E-state index contributed by atoms with van der Waals surface area (Å²) in [6.45, 7) is 10.9. The van der Waals surface area contributed by atoms with Crippen LogP contribution in [0.1, 0.15) is 37.9 Å². The van der Waals surface area contributed by atoms with E-state index in [-0.39, 0.29) is 5.54 Å². The molecule has 1 aromatic rings. The molecule has 1 aromatic heterocycles. The minimum absolute atomic E-state index is 0.0916. The molecule has 0 amide bonds. The molecule has 0 saturated carbocycles. The summed E-state index contributed by atoms with van der Waals surface area (Å²) in [6, 6.07) is 2.03. The van der Waals surface area contributed by atoms with Crippen molar-refractivity contribution >= 4 is 0 Å². The molecule has 1 rings (SSSR count). The zero-order valence-corrected chi connectivity index (χ0v) is 12.1. The molecule has 0 aromatic carbocycles. The van der Waals surface area contributed by atoms with Crippen molar-refractivity contribution in [2.75, 3.05) is 20.3 Å². The van der Waals surface area contributed by atoms with E-state index in [1.807, 2.05) is 6.07 Å². The summed E-state index contributed by atoms with van der Waals surface area (Å²) < 4.78 is 16.1. The Morgan fingerprint density at radius 3 is 2.61 bits per heavy atom. The van der Waals surface area contributed by atoms with Gasteiger partial charge in [-0.3, -0.25) is 0 Å². The molecule has 104 valence electrons. The number of aryl methyl sites for hydroxylation is 1. The van der Waals surface area contributed by atoms with Gasteiger partial charge in [-0.1, -0.05) is 0 Å². The topological polar surface area (TPSA) is 43.6 Å². The van der Waals surface area contributed by atoms with Gasteiger partial charge in [-0.15, -0.1) is 0 Å². The molecule has 0 saturated heterocycles. The highest BCUT2D eigenvalue weighted by molar-refractivity contribution is 5.19. The lowest BCUT2D eigenvalue weighted by atomic mass is 10.1. The summed E-state index contributed by atoms with van der Waals surface area (Å²) in [5.74, 6) is 1.85. The van der Waals surface area contributed by atoms with Crippen LogP contribution < -0.4 is 5.32 Å². The first-order chi connectivity index (χ1) is 8.42. The van der Waals surface area contributed by atoms with Gasteiger partial charge in [-0.05, 0) is 39.3 Å². The van der Waals surface area contributed by atoms with Gasteiger partial charge >= 0.3 is 0 Å². The van der Waals surface area contributed by atoms with Crippen molar-refractivity contribution in [2.24, 2.45) is 0 Å². The number of furan rings is 1. The number of hydrogen-bond donors (Lipinski definition) is 1. The third kappa shape index (κ3) is 5.67. The van der Waals surface area contributed by atoms with Crippen molar-refractivity contribution in [3.63, 3.8) is 0 Å². The van der Waals surface area contributed by atoms with Crippen LogP contribution in [0.2, 0.25) is 0 Å².